The van der Waals surface area contributed by atoms with Crippen molar-refractivity contribution in [1.29, 1.82) is 0 Å². The van der Waals surface area contributed by atoms with Gasteiger partial charge >= 0.3 is 6.18 Å². The summed E-state index contributed by atoms with van der Waals surface area (Å²) < 4.78 is 94.5. The van der Waals surface area contributed by atoms with Gasteiger partial charge in [-0.15, -0.1) is 0 Å². The molecule has 180 valence electrons. The number of hydrogen-bond donors (Lipinski definition) is 0. The standard InChI is InChI=1S/C21H22ClF3N2O4S2/c22-16-4-8-19(9-5-16)32(28,29)26-12-10-18(11-13-26)27(17-6-7-17)33(30,31)20-3-1-2-15(14-20)21(23,24)25/h1-5,8-9,14,17-18H,6-7,10-13H2. The number of sulfonamides is 2. The SMILES string of the molecule is O=S(=O)(c1ccc(Cl)cc1)N1CCC(N(C2CC2)S(=O)(=O)c2cccc(C(F)(F)F)c2)CC1. The van der Waals surface area contributed by atoms with E-state index >= 15 is 0 Å². The third-order valence-corrected chi connectivity index (χ3v) is 10.0. The number of piperidine rings is 1. The molecule has 1 aliphatic heterocycles. The molecule has 0 N–H and O–H groups in total. The monoisotopic (exact) mass is 522 g/mol. The Morgan fingerprint density at radius 2 is 1.42 bits per heavy atom. The number of nitrogens with zero attached hydrogens (tertiary/aromatic N) is 2. The lowest BCUT2D eigenvalue weighted by Gasteiger charge is -2.37. The van der Waals surface area contributed by atoms with Gasteiger partial charge in [0.25, 0.3) is 0 Å². The van der Waals surface area contributed by atoms with Crippen LogP contribution in [0.25, 0.3) is 0 Å². The van der Waals surface area contributed by atoms with Crippen molar-refractivity contribution in [2.75, 3.05) is 13.1 Å². The van der Waals surface area contributed by atoms with Crippen molar-refractivity contribution in [1.82, 2.24) is 8.61 Å². The summed E-state index contributed by atoms with van der Waals surface area (Å²) in [5.41, 5.74) is -1.02. The second-order valence-electron chi connectivity index (χ2n) is 8.18. The summed E-state index contributed by atoms with van der Waals surface area (Å²) in [4.78, 5) is -0.304. The average Bonchev–Trinajstić information content (AvgIpc) is 3.59. The minimum absolute atomic E-state index is 0.0981. The molecule has 33 heavy (non-hydrogen) atoms. The number of halogens is 4. The van der Waals surface area contributed by atoms with Crippen LogP contribution in [0.5, 0.6) is 0 Å². The Bertz CT molecular complexity index is 1220. The first kappa shape index (κ1) is 24.5. The molecule has 2 aromatic rings. The Hall–Kier alpha value is -1.66. The zero-order valence-corrected chi connectivity index (χ0v) is 19.8. The molecule has 0 atom stereocenters. The van der Waals surface area contributed by atoms with Crippen LogP contribution >= 0.6 is 11.6 Å². The van der Waals surface area contributed by atoms with Crippen LogP contribution in [0, 0.1) is 0 Å². The molecule has 0 spiro atoms. The van der Waals surface area contributed by atoms with E-state index in [0.717, 1.165) is 12.1 Å². The number of alkyl halides is 3. The van der Waals surface area contributed by atoms with Gasteiger partial charge in [-0.05, 0) is 68.1 Å². The predicted octanol–water partition coefficient (Wildman–Crippen LogP) is 4.37. The van der Waals surface area contributed by atoms with Crippen LogP contribution in [0.4, 0.5) is 13.2 Å². The molecule has 1 saturated heterocycles. The lowest BCUT2D eigenvalue weighted by Crippen LogP contribution is -2.49. The van der Waals surface area contributed by atoms with E-state index in [1.165, 1.54) is 38.9 Å². The summed E-state index contributed by atoms with van der Waals surface area (Å²) in [5, 5.41) is 0.410. The lowest BCUT2D eigenvalue weighted by atomic mass is 10.1. The van der Waals surface area contributed by atoms with Gasteiger partial charge in [-0.25, -0.2) is 16.8 Å². The molecule has 0 bridgehead atoms. The third-order valence-electron chi connectivity index (χ3n) is 5.88. The van der Waals surface area contributed by atoms with E-state index in [9.17, 15) is 30.0 Å². The van der Waals surface area contributed by atoms with Crippen molar-refractivity contribution >= 4 is 31.6 Å². The van der Waals surface area contributed by atoms with Crippen LogP contribution in [0.1, 0.15) is 31.2 Å². The molecule has 12 heteroatoms. The molecule has 2 fully saturated rings. The number of rotatable bonds is 6. The Morgan fingerprint density at radius 3 is 1.97 bits per heavy atom. The Balaban J connectivity index is 1.54. The van der Waals surface area contributed by atoms with Gasteiger partial charge < -0.3 is 0 Å². The van der Waals surface area contributed by atoms with Gasteiger partial charge in [0.05, 0.1) is 15.4 Å². The van der Waals surface area contributed by atoms with Gasteiger partial charge in [0.2, 0.25) is 20.0 Å². The molecule has 1 aliphatic carbocycles. The van der Waals surface area contributed by atoms with E-state index in [0.29, 0.717) is 23.9 Å². The highest BCUT2D eigenvalue weighted by atomic mass is 35.5. The zero-order valence-electron chi connectivity index (χ0n) is 17.4. The molecule has 0 radical (unpaired) electrons. The summed E-state index contributed by atoms with van der Waals surface area (Å²) in [6.07, 6.45) is -2.90. The van der Waals surface area contributed by atoms with Gasteiger partial charge in [-0.1, -0.05) is 17.7 Å². The Labute approximate surface area is 196 Å². The van der Waals surface area contributed by atoms with E-state index in [1.807, 2.05) is 0 Å². The lowest BCUT2D eigenvalue weighted by molar-refractivity contribution is -0.137. The minimum atomic E-state index is -4.66. The first-order chi connectivity index (χ1) is 15.4. The third kappa shape index (κ3) is 5.07. The van der Waals surface area contributed by atoms with Gasteiger partial charge in [0.1, 0.15) is 0 Å². The average molecular weight is 523 g/mol. The van der Waals surface area contributed by atoms with Gasteiger partial charge in [0, 0.05) is 30.2 Å². The van der Waals surface area contributed by atoms with Crippen LogP contribution in [-0.2, 0) is 26.2 Å². The molecule has 6 nitrogen and oxygen atoms in total. The number of hydrogen-bond acceptors (Lipinski definition) is 4. The molecular formula is C21H22ClF3N2O4S2. The second-order valence-corrected chi connectivity index (χ2v) is 12.4. The van der Waals surface area contributed by atoms with Gasteiger partial charge in [-0.3, -0.25) is 0 Å². The van der Waals surface area contributed by atoms with E-state index < -0.39 is 42.7 Å². The first-order valence-electron chi connectivity index (χ1n) is 10.4. The highest BCUT2D eigenvalue weighted by molar-refractivity contribution is 7.89. The van der Waals surface area contributed by atoms with Crippen molar-refractivity contribution in [3.63, 3.8) is 0 Å². The van der Waals surface area contributed by atoms with Crippen LogP contribution in [0.15, 0.2) is 58.3 Å². The fourth-order valence-corrected chi connectivity index (χ4v) is 7.64. The summed E-state index contributed by atoms with van der Waals surface area (Å²) >= 11 is 5.83. The quantitative estimate of drug-likeness (QED) is 0.565. The topological polar surface area (TPSA) is 74.8 Å². The number of benzene rings is 2. The van der Waals surface area contributed by atoms with E-state index in [1.54, 1.807) is 0 Å². The normalized spacial score (nSPS) is 19.2. The maximum absolute atomic E-state index is 13.3. The predicted molar refractivity (Wildman–Crippen MR) is 117 cm³/mol. The van der Waals surface area contributed by atoms with Crippen molar-refractivity contribution < 1.29 is 30.0 Å². The highest BCUT2D eigenvalue weighted by Gasteiger charge is 2.45. The van der Waals surface area contributed by atoms with Gasteiger partial charge in [0.15, 0.2) is 0 Å². The molecule has 0 unspecified atom stereocenters. The molecule has 1 saturated carbocycles. The van der Waals surface area contributed by atoms with E-state index in [2.05, 4.69) is 0 Å². The van der Waals surface area contributed by atoms with E-state index in [4.69, 9.17) is 11.6 Å². The zero-order chi connectivity index (χ0) is 24.0. The fraction of sp³-hybridized carbons (Fsp3) is 0.429. The molecule has 1 heterocycles. The summed E-state index contributed by atoms with van der Waals surface area (Å²) in [6.45, 7) is 0.216. The minimum Gasteiger partial charge on any atom is -0.207 e. The van der Waals surface area contributed by atoms with Crippen LogP contribution in [-0.4, -0.2) is 50.6 Å². The summed E-state index contributed by atoms with van der Waals surface area (Å²) in [6, 6.07) is 8.77. The highest BCUT2D eigenvalue weighted by Crippen LogP contribution is 2.38. The van der Waals surface area contributed by atoms with Crippen molar-refractivity contribution in [2.24, 2.45) is 0 Å². The van der Waals surface area contributed by atoms with Crippen LogP contribution in [0.2, 0.25) is 5.02 Å². The molecule has 2 aliphatic rings. The molecule has 4 rings (SSSR count). The molecule has 2 aromatic carbocycles. The van der Waals surface area contributed by atoms with Crippen molar-refractivity contribution in [3.8, 4) is 0 Å². The van der Waals surface area contributed by atoms with E-state index in [-0.39, 0.29) is 36.9 Å². The second kappa shape index (κ2) is 8.84. The van der Waals surface area contributed by atoms with Crippen LogP contribution in [0.3, 0.4) is 0 Å². The molecule has 0 amide bonds. The largest absolute Gasteiger partial charge is 0.416 e. The smallest absolute Gasteiger partial charge is 0.207 e. The van der Waals surface area contributed by atoms with Crippen molar-refractivity contribution in [2.45, 2.75) is 53.7 Å². The van der Waals surface area contributed by atoms with Crippen molar-refractivity contribution in [3.05, 3.63) is 59.1 Å². The first-order valence-corrected chi connectivity index (χ1v) is 13.6. The maximum Gasteiger partial charge on any atom is 0.416 e. The molecular weight excluding hydrogens is 501 g/mol. The van der Waals surface area contributed by atoms with Crippen LogP contribution < -0.4 is 0 Å². The Morgan fingerprint density at radius 1 is 0.848 bits per heavy atom. The summed E-state index contributed by atoms with van der Waals surface area (Å²) in [5.74, 6) is 0. The maximum atomic E-state index is 13.3. The fourth-order valence-electron chi connectivity index (χ4n) is 4.07. The Kier molecular flexibility index (Phi) is 6.56. The molecule has 0 aromatic heterocycles. The van der Waals surface area contributed by atoms with Gasteiger partial charge in [-0.2, -0.15) is 21.8 Å². The summed E-state index contributed by atoms with van der Waals surface area (Å²) in [7, 11) is -7.94.